The zero-order valence-electron chi connectivity index (χ0n) is 17.9. The van der Waals surface area contributed by atoms with Crippen LogP contribution in [0.15, 0.2) is 97.3 Å². The molecule has 0 bridgehead atoms. The Balaban J connectivity index is 1.30. The second-order valence-electron chi connectivity index (χ2n) is 7.56. The molecule has 0 spiro atoms. The molecule has 34 heavy (non-hydrogen) atoms. The fourth-order valence-electron chi connectivity index (χ4n) is 3.61. The molecule has 0 aliphatic heterocycles. The Hall–Kier alpha value is -5.02. The first-order valence-electron chi connectivity index (χ1n) is 10.7. The molecule has 0 N–H and O–H groups in total. The van der Waals surface area contributed by atoms with E-state index in [0.29, 0.717) is 22.7 Å². The Labute approximate surface area is 195 Å². The molecule has 158 valence electrons. The van der Waals surface area contributed by atoms with Crippen LogP contribution in [0.5, 0.6) is 0 Å². The number of fused-ring (bicyclic) bond motifs is 2. The Kier molecular flexibility index (Phi) is 4.91. The summed E-state index contributed by atoms with van der Waals surface area (Å²) >= 11 is 0. The lowest BCUT2D eigenvalue weighted by Gasteiger charge is -2.03. The predicted molar refractivity (Wildman–Crippen MR) is 132 cm³/mol. The van der Waals surface area contributed by atoms with Gasteiger partial charge < -0.3 is 0 Å². The number of aromatic nitrogens is 6. The second kappa shape index (κ2) is 8.49. The van der Waals surface area contributed by atoms with Crippen molar-refractivity contribution in [3.05, 3.63) is 109 Å². The number of nitrogens with zero attached hydrogens (tertiary/aromatic N) is 6. The summed E-state index contributed by atoms with van der Waals surface area (Å²) in [5.74, 6) is 6.23. The smallest absolute Gasteiger partial charge is 0.159 e. The quantitative estimate of drug-likeness (QED) is 0.352. The lowest BCUT2D eigenvalue weighted by molar-refractivity contribution is 1.22. The zero-order chi connectivity index (χ0) is 22.7. The van der Waals surface area contributed by atoms with E-state index in [1.54, 1.807) is 12.4 Å². The summed E-state index contributed by atoms with van der Waals surface area (Å²) in [7, 11) is 0. The molecular formula is C28H16N6. The summed E-state index contributed by atoms with van der Waals surface area (Å²) < 4.78 is 0. The zero-order valence-corrected chi connectivity index (χ0v) is 17.9. The molecule has 6 aromatic rings. The molecule has 0 aliphatic carbocycles. The van der Waals surface area contributed by atoms with Gasteiger partial charge >= 0.3 is 0 Å². The van der Waals surface area contributed by atoms with Crippen LogP contribution in [-0.4, -0.2) is 29.9 Å². The van der Waals surface area contributed by atoms with Crippen molar-refractivity contribution in [2.75, 3.05) is 0 Å². The maximum absolute atomic E-state index is 4.67. The highest BCUT2D eigenvalue weighted by molar-refractivity contribution is 5.78. The first-order valence-corrected chi connectivity index (χ1v) is 10.7. The van der Waals surface area contributed by atoms with Crippen LogP contribution in [0, 0.1) is 11.8 Å². The summed E-state index contributed by atoms with van der Waals surface area (Å²) in [4.78, 5) is 27.2. The third kappa shape index (κ3) is 3.94. The van der Waals surface area contributed by atoms with Crippen molar-refractivity contribution in [1.29, 1.82) is 0 Å². The molecule has 0 fully saturated rings. The van der Waals surface area contributed by atoms with E-state index in [4.69, 9.17) is 0 Å². The van der Waals surface area contributed by atoms with Crippen molar-refractivity contribution >= 4 is 22.1 Å². The van der Waals surface area contributed by atoms with Crippen LogP contribution < -0.4 is 0 Å². The fraction of sp³-hybridized carbons (Fsp3) is 0. The molecule has 0 amide bonds. The van der Waals surface area contributed by atoms with E-state index >= 15 is 0 Å². The first-order chi connectivity index (χ1) is 16.8. The molecule has 6 aromatic heterocycles. The topological polar surface area (TPSA) is 77.3 Å². The van der Waals surface area contributed by atoms with Gasteiger partial charge in [0.25, 0.3) is 0 Å². The Bertz CT molecular complexity index is 1610. The molecule has 0 aliphatic rings. The molecule has 6 rings (SSSR count). The van der Waals surface area contributed by atoms with Gasteiger partial charge in [0, 0.05) is 23.2 Å². The van der Waals surface area contributed by atoms with Crippen LogP contribution in [0.2, 0.25) is 0 Å². The summed E-state index contributed by atoms with van der Waals surface area (Å²) in [5.41, 5.74) is 5.66. The number of hydrogen-bond donors (Lipinski definition) is 0. The van der Waals surface area contributed by atoms with Crippen LogP contribution in [-0.2, 0) is 0 Å². The van der Waals surface area contributed by atoms with Crippen molar-refractivity contribution in [2.45, 2.75) is 0 Å². The van der Waals surface area contributed by atoms with Gasteiger partial charge in [-0.25, -0.2) is 29.9 Å². The molecule has 0 saturated carbocycles. The SMILES string of the molecule is C(#Cc1cccc(-c2ccc3cccnc3n2)n1)c1cccc(-c2ccc3cccnc3n2)n1. The molecule has 6 heteroatoms. The van der Waals surface area contributed by atoms with E-state index in [1.165, 1.54) is 0 Å². The minimum atomic E-state index is 0.639. The standard InChI is InChI=1S/C28H16N6/c1-7-21(31-23(9-1)25-15-11-19-5-3-17-29-27(19)33-25)13-14-22-8-2-10-24(32-22)26-16-12-20-6-4-18-30-28(20)34-26/h1-12,15-18H. The molecule has 0 radical (unpaired) electrons. The van der Waals surface area contributed by atoms with E-state index in [9.17, 15) is 0 Å². The van der Waals surface area contributed by atoms with Crippen LogP contribution in [0.1, 0.15) is 11.4 Å². The minimum absolute atomic E-state index is 0.639. The van der Waals surface area contributed by atoms with Crippen LogP contribution >= 0.6 is 0 Å². The van der Waals surface area contributed by atoms with E-state index in [0.717, 1.165) is 33.5 Å². The average molecular weight is 436 g/mol. The van der Waals surface area contributed by atoms with Gasteiger partial charge in [0.1, 0.15) is 11.4 Å². The lowest BCUT2D eigenvalue weighted by atomic mass is 10.2. The number of pyridine rings is 6. The van der Waals surface area contributed by atoms with Gasteiger partial charge in [-0.05, 0) is 84.6 Å². The minimum Gasteiger partial charge on any atom is -0.238 e. The van der Waals surface area contributed by atoms with Crippen molar-refractivity contribution in [3.63, 3.8) is 0 Å². The van der Waals surface area contributed by atoms with E-state index < -0.39 is 0 Å². The average Bonchev–Trinajstić information content (AvgIpc) is 2.92. The van der Waals surface area contributed by atoms with Gasteiger partial charge in [-0.15, -0.1) is 0 Å². The predicted octanol–water partition coefficient (Wildman–Crippen LogP) is 5.10. The third-order valence-corrected chi connectivity index (χ3v) is 5.27. The molecular weight excluding hydrogens is 420 g/mol. The van der Waals surface area contributed by atoms with Crippen molar-refractivity contribution < 1.29 is 0 Å². The van der Waals surface area contributed by atoms with Crippen LogP contribution in [0.25, 0.3) is 44.8 Å². The van der Waals surface area contributed by atoms with Gasteiger partial charge in [0.15, 0.2) is 11.3 Å². The maximum atomic E-state index is 4.67. The molecule has 0 unspecified atom stereocenters. The Morgan fingerprint density at radius 1 is 0.412 bits per heavy atom. The van der Waals surface area contributed by atoms with Crippen molar-refractivity contribution in [2.24, 2.45) is 0 Å². The van der Waals surface area contributed by atoms with E-state index in [-0.39, 0.29) is 0 Å². The summed E-state index contributed by atoms with van der Waals surface area (Å²) in [6.07, 6.45) is 3.47. The van der Waals surface area contributed by atoms with Crippen LogP contribution in [0.4, 0.5) is 0 Å². The van der Waals surface area contributed by atoms with Crippen LogP contribution in [0.3, 0.4) is 0 Å². The number of rotatable bonds is 2. The van der Waals surface area contributed by atoms with Gasteiger partial charge in [0.05, 0.1) is 22.8 Å². The Morgan fingerprint density at radius 2 is 0.882 bits per heavy atom. The van der Waals surface area contributed by atoms with E-state index in [2.05, 4.69) is 41.7 Å². The van der Waals surface area contributed by atoms with Gasteiger partial charge in [-0.2, -0.15) is 0 Å². The fourth-order valence-corrected chi connectivity index (χ4v) is 3.61. The first kappa shape index (κ1) is 19.6. The molecule has 6 nitrogen and oxygen atoms in total. The highest BCUT2D eigenvalue weighted by Crippen LogP contribution is 2.19. The van der Waals surface area contributed by atoms with E-state index in [1.807, 2.05) is 84.9 Å². The third-order valence-electron chi connectivity index (χ3n) is 5.27. The second-order valence-corrected chi connectivity index (χ2v) is 7.56. The summed E-state index contributed by atoms with van der Waals surface area (Å²) in [6, 6.07) is 27.1. The monoisotopic (exact) mass is 436 g/mol. The van der Waals surface area contributed by atoms with Crippen molar-refractivity contribution in [1.82, 2.24) is 29.9 Å². The molecule has 6 heterocycles. The summed E-state index contributed by atoms with van der Waals surface area (Å²) in [6.45, 7) is 0. The molecule has 0 aromatic carbocycles. The molecule has 0 atom stereocenters. The largest absolute Gasteiger partial charge is 0.238 e. The number of hydrogen-bond acceptors (Lipinski definition) is 6. The van der Waals surface area contributed by atoms with Crippen molar-refractivity contribution in [3.8, 4) is 34.6 Å². The normalized spacial score (nSPS) is 10.7. The van der Waals surface area contributed by atoms with Gasteiger partial charge in [-0.3, -0.25) is 0 Å². The molecule has 0 saturated heterocycles. The highest BCUT2D eigenvalue weighted by atomic mass is 14.9. The summed E-state index contributed by atoms with van der Waals surface area (Å²) in [5, 5.41) is 1.98. The van der Waals surface area contributed by atoms with Gasteiger partial charge in [-0.1, -0.05) is 12.1 Å². The Morgan fingerprint density at radius 3 is 1.38 bits per heavy atom. The highest BCUT2D eigenvalue weighted by Gasteiger charge is 2.06. The lowest BCUT2D eigenvalue weighted by Crippen LogP contribution is -1.93. The maximum Gasteiger partial charge on any atom is 0.159 e. The van der Waals surface area contributed by atoms with Gasteiger partial charge in [0.2, 0.25) is 0 Å².